The van der Waals surface area contributed by atoms with Gasteiger partial charge in [0.15, 0.2) is 0 Å². The lowest BCUT2D eigenvalue weighted by Crippen LogP contribution is -2.37. The third-order valence-electron chi connectivity index (χ3n) is 4.74. The summed E-state index contributed by atoms with van der Waals surface area (Å²) in [6.45, 7) is 11.1. The molecule has 1 aliphatic carbocycles. The molecule has 0 saturated heterocycles. The lowest BCUT2D eigenvalue weighted by molar-refractivity contribution is 0.172. The first-order valence-electron chi connectivity index (χ1n) is 8.59. The topological polar surface area (TPSA) is 61.8 Å². The molecule has 3 N–H and O–H groups in total. The monoisotopic (exact) mass is 297 g/mol. The second-order valence-corrected chi connectivity index (χ2v) is 7.65. The van der Waals surface area contributed by atoms with Crippen molar-refractivity contribution < 1.29 is 5.21 Å². The molecule has 0 atom stereocenters. The molecule has 0 aromatic rings. The van der Waals surface area contributed by atoms with E-state index in [1.54, 1.807) is 0 Å². The second-order valence-electron chi connectivity index (χ2n) is 7.65. The molecule has 0 unspecified atom stereocenters. The average Bonchev–Trinajstić information content (AvgIpc) is 2.94. The predicted octanol–water partition coefficient (Wildman–Crippen LogP) is 3.83. The zero-order valence-electron chi connectivity index (χ0n) is 14.4. The van der Waals surface area contributed by atoms with E-state index < -0.39 is 0 Å². The van der Waals surface area contributed by atoms with E-state index in [4.69, 9.17) is 10.9 Å². The quantitative estimate of drug-likeness (QED) is 0.223. The number of hydrogen-bond acceptors (Lipinski definition) is 3. The Kier molecular flexibility index (Phi) is 7.50. The fourth-order valence-electron chi connectivity index (χ4n) is 3.31. The van der Waals surface area contributed by atoms with Gasteiger partial charge in [0.2, 0.25) is 0 Å². The number of oxime groups is 1. The Bertz CT molecular complexity index is 320. The maximum Gasteiger partial charge on any atom is 0.144 e. The zero-order valence-corrected chi connectivity index (χ0v) is 14.4. The van der Waals surface area contributed by atoms with Crippen LogP contribution in [0.3, 0.4) is 0 Å². The molecule has 0 aromatic carbocycles. The van der Waals surface area contributed by atoms with Crippen molar-refractivity contribution in [2.45, 2.75) is 78.7 Å². The molecular formula is C17H35N3O. The highest BCUT2D eigenvalue weighted by Gasteiger charge is 2.25. The highest BCUT2D eigenvalue weighted by Crippen LogP contribution is 2.26. The van der Waals surface area contributed by atoms with Gasteiger partial charge in [-0.1, -0.05) is 52.1 Å². The minimum atomic E-state index is -0.203. The number of hydrogen-bond donors (Lipinski definition) is 2. The molecule has 21 heavy (non-hydrogen) atoms. The predicted molar refractivity (Wildman–Crippen MR) is 89.7 cm³/mol. The summed E-state index contributed by atoms with van der Waals surface area (Å²) in [4.78, 5) is 2.70. The summed E-state index contributed by atoms with van der Waals surface area (Å²) in [6.07, 6.45) is 8.86. The Morgan fingerprint density at radius 1 is 1.29 bits per heavy atom. The van der Waals surface area contributed by atoms with Crippen molar-refractivity contribution in [1.82, 2.24) is 4.90 Å². The van der Waals surface area contributed by atoms with E-state index in [1.807, 2.05) is 13.8 Å². The summed E-state index contributed by atoms with van der Waals surface area (Å²) in [5.74, 6) is 1.08. The van der Waals surface area contributed by atoms with Crippen molar-refractivity contribution in [2.75, 3.05) is 13.1 Å². The van der Waals surface area contributed by atoms with E-state index in [-0.39, 0.29) is 5.41 Å². The van der Waals surface area contributed by atoms with E-state index in [0.717, 1.165) is 24.8 Å². The van der Waals surface area contributed by atoms with Crippen LogP contribution in [-0.2, 0) is 0 Å². The Hall–Kier alpha value is -0.770. The number of amidine groups is 1. The van der Waals surface area contributed by atoms with Gasteiger partial charge in [-0.25, -0.2) is 0 Å². The van der Waals surface area contributed by atoms with Crippen LogP contribution in [0.25, 0.3) is 0 Å². The molecule has 124 valence electrons. The average molecular weight is 297 g/mol. The van der Waals surface area contributed by atoms with Crippen LogP contribution in [0.2, 0.25) is 0 Å². The minimum absolute atomic E-state index is 0.203. The van der Waals surface area contributed by atoms with Crippen molar-refractivity contribution in [3.63, 3.8) is 0 Å². The van der Waals surface area contributed by atoms with Gasteiger partial charge in [-0.2, -0.15) is 0 Å². The maximum atomic E-state index is 8.81. The van der Waals surface area contributed by atoms with Crippen LogP contribution >= 0.6 is 0 Å². The van der Waals surface area contributed by atoms with E-state index in [9.17, 15) is 0 Å². The van der Waals surface area contributed by atoms with Gasteiger partial charge >= 0.3 is 0 Å². The Morgan fingerprint density at radius 2 is 1.90 bits per heavy atom. The van der Waals surface area contributed by atoms with Gasteiger partial charge in [0.25, 0.3) is 0 Å². The molecule has 4 heteroatoms. The van der Waals surface area contributed by atoms with Crippen LogP contribution in [0.5, 0.6) is 0 Å². The summed E-state index contributed by atoms with van der Waals surface area (Å²) >= 11 is 0. The molecule has 0 aliphatic heterocycles. The SMILES string of the molecule is CC(C)CN(CCCCC(C)(C)C(N)=NO)C1CCCC1. The highest BCUT2D eigenvalue weighted by atomic mass is 16.4. The Labute approximate surface area is 130 Å². The molecule has 1 fully saturated rings. The molecule has 0 amide bonds. The largest absolute Gasteiger partial charge is 0.409 e. The summed E-state index contributed by atoms with van der Waals surface area (Å²) in [6, 6.07) is 0.810. The molecule has 0 spiro atoms. The van der Waals surface area contributed by atoms with Crippen LogP contribution in [-0.4, -0.2) is 35.1 Å². The number of nitrogens with zero attached hydrogens (tertiary/aromatic N) is 2. The molecular weight excluding hydrogens is 262 g/mol. The van der Waals surface area contributed by atoms with Crippen molar-refractivity contribution in [2.24, 2.45) is 22.2 Å². The number of rotatable bonds is 9. The fourth-order valence-corrected chi connectivity index (χ4v) is 3.31. The van der Waals surface area contributed by atoms with Gasteiger partial charge in [0.05, 0.1) is 0 Å². The van der Waals surface area contributed by atoms with E-state index in [1.165, 1.54) is 45.2 Å². The first-order chi connectivity index (χ1) is 9.86. The lowest BCUT2D eigenvalue weighted by atomic mass is 9.86. The van der Waals surface area contributed by atoms with Gasteiger partial charge < -0.3 is 15.8 Å². The van der Waals surface area contributed by atoms with Gasteiger partial charge in [-0.15, -0.1) is 0 Å². The smallest absolute Gasteiger partial charge is 0.144 e. The van der Waals surface area contributed by atoms with Crippen LogP contribution in [0.1, 0.15) is 72.6 Å². The maximum absolute atomic E-state index is 8.81. The molecule has 0 bridgehead atoms. The van der Waals surface area contributed by atoms with Crippen molar-refractivity contribution in [3.05, 3.63) is 0 Å². The molecule has 0 aromatic heterocycles. The number of unbranched alkanes of at least 4 members (excludes halogenated alkanes) is 1. The first-order valence-corrected chi connectivity index (χ1v) is 8.59. The molecule has 0 radical (unpaired) electrons. The lowest BCUT2D eigenvalue weighted by Gasteiger charge is -2.31. The van der Waals surface area contributed by atoms with Gasteiger partial charge in [0, 0.05) is 18.0 Å². The number of nitrogens with two attached hydrogens (primary N) is 1. The minimum Gasteiger partial charge on any atom is -0.409 e. The third-order valence-corrected chi connectivity index (χ3v) is 4.74. The molecule has 1 aliphatic rings. The first kappa shape index (κ1) is 18.3. The second kappa shape index (κ2) is 8.62. The van der Waals surface area contributed by atoms with Gasteiger partial charge in [-0.3, -0.25) is 0 Å². The van der Waals surface area contributed by atoms with E-state index >= 15 is 0 Å². The molecule has 4 nitrogen and oxygen atoms in total. The van der Waals surface area contributed by atoms with Crippen molar-refractivity contribution in [1.29, 1.82) is 0 Å². The van der Waals surface area contributed by atoms with Crippen molar-refractivity contribution >= 4 is 5.84 Å². The Morgan fingerprint density at radius 3 is 2.43 bits per heavy atom. The van der Waals surface area contributed by atoms with Gasteiger partial charge in [-0.05, 0) is 38.1 Å². The highest BCUT2D eigenvalue weighted by molar-refractivity contribution is 5.85. The standard InChI is InChI=1S/C17H35N3O/c1-14(2)13-20(15-9-5-6-10-15)12-8-7-11-17(3,4)16(18)19-21/h14-15,21H,5-13H2,1-4H3,(H2,18,19). The van der Waals surface area contributed by atoms with Crippen LogP contribution in [0, 0.1) is 11.3 Å². The van der Waals surface area contributed by atoms with Gasteiger partial charge in [0.1, 0.15) is 5.84 Å². The summed E-state index contributed by atoms with van der Waals surface area (Å²) in [5.41, 5.74) is 5.54. The van der Waals surface area contributed by atoms with Crippen LogP contribution in [0.15, 0.2) is 5.16 Å². The summed E-state index contributed by atoms with van der Waals surface area (Å²) in [7, 11) is 0. The van der Waals surface area contributed by atoms with E-state index in [0.29, 0.717) is 5.84 Å². The van der Waals surface area contributed by atoms with Crippen LogP contribution in [0.4, 0.5) is 0 Å². The van der Waals surface area contributed by atoms with Crippen LogP contribution < -0.4 is 5.73 Å². The van der Waals surface area contributed by atoms with Crippen molar-refractivity contribution in [3.8, 4) is 0 Å². The van der Waals surface area contributed by atoms with E-state index in [2.05, 4.69) is 23.9 Å². The molecule has 1 rings (SSSR count). The zero-order chi connectivity index (χ0) is 15.9. The summed E-state index contributed by atoms with van der Waals surface area (Å²) < 4.78 is 0. The summed E-state index contributed by atoms with van der Waals surface area (Å²) in [5, 5.41) is 12.0. The molecule has 0 heterocycles. The molecule has 1 saturated carbocycles. The fraction of sp³-hybridized carbons (Fsp3) is 0.941. The third kappa shape index (κ3) is 6.25. The Balaban J connectivity index is 2.36. The normalized spacial score (nSPS) is 18.1.